The van der Waals surface area contributed by atoms with E-state index >= 15 is 0 Å². The summed E-state index contributed by atoms with van der Waals surface area (Å²) >= 11 is 3.32. The topological polar surface area (TPSA) is 40.5 Å². The minimum absolute atomic E-state index is 0.0439. The molecule has 18 heavy (non-hydrogen) atoms. The number of carbonyl (C=O) groups is 1. The van der Waals surface area contributed by atoms with Crippen molar-refractivity contribution in [3.63, 3.8) is 0 Å². The number of benzene rings is 1. The molecule has 0 heterocycles. The van der Waals surface area contributed by atoms with E-state index in [9.17, 15) is 9.18 Å². The molecule has 0 amide bonds. The second kappa shape index (κ2) is 5.36. The van der Waals surface area contributed by atoms with Crippen LogP contribution in [0, 0.1) is 5.82 Å². The maximum absolute atomic E-state index is 13.8. The Hall–Kier alpha value is -0.940. The first kappa shape index (κ1) is 13.5. The van der Waals surface area contributed by atoms with Gasteiger partial charge in [0.1, 0.15) is 5.82 Å². The van der Waals surface area contributed by atoms with E-state index in [0.29, 0.717) is 5.56 Å². The molecule has 1 fully saturated rings. The van der Waals surface area contributed by atoms with Crippen LogP contribution in [0.25, 0.3) is 0 Å². The minimum atomic E-state index is -0.871. The highest BCUT2D eigenvalue weighted by Crippen LogP contribution is 2.35. The zero-order valence-electron chi connectivity index (χ0n) is 10.1. The average Bonchev–Trinajstić information content (AvgIpc) is 3.12. The van der Waals surface area contributed by atoms with Crippen LogP contribution in [0.2, 0.25) is 0 Å². The summed E-state index contributed by atoms with van der Waals surface area (Å²) in [5, 5.41) is 8.94. The molecule has 0 bridgehead atoms. The Morgan fingerprint density at radius 1 is 1.61 bits per heavy atom. The molecule has 1 unspecified atom stereocenters. The van der Waals surface area contributed by atoms with Gasteiger partial charge in [0, 0.05) is 22.1 Å². The second-order valence-corrected chi connectivity index (χ2v) is 5.55. The van der Waals surface area contributed by atoms with Crippen molar-refractivity contribution >= 4 is 21.9 Å². The molecule has 2 rings (SSSR count). The van der Waals surface area contributed by atoms with Gasteiger partial charge in [-0.05, 0) is 38.0 Å². The third-order valence-electron chi connectivity index (χ3n) is 3.24. The zero-order chi connectivity index (χ0) is 13.3. The van der Waals surface area contributed by atoms with Gasteiger partial charge in [-0.25, -0.2) is 4.39 Å². The van der Waals surface area contributed by atoms with E-state index in [1.807, 2.05) is 11.8 Å². The molecular weight excluding hydrogens is 301 g/mol. The highest BCUT2D eigenvalue weighted by Gasteiger charge is 2.34. The Kier molecular flexibility index (Phi) is 4.02. The Bertz CT molecular complexity index is 462. The van der Waals surface area contributed by atoms with Crippen LogP contribution in [0.1, 0.15) is 31.4 Å². The number of rotatable bonds is 5. The molecule has 0 aromatic heterocycles. The molecule has 0 spiro atoms. The van der Waals surface area contributed by atoms with E-state index in [1.165, 1.54) is 6.07 Å². The van der Waals surface area contributed by atoms with E-state index in [0.717, 1.165) is 17.3 Å². The number of nitrogens with zero attached hydrogens (tertiary/aromatic N) is 1. The fraction of sp³-hybridized carbons (Fsp3) is 0.462. The quantitative estimate of drug-likeness (QED) is 0.907. The van der Waals surface area contributed by atoms with E-state index in [1.54, 1.807) is 12.1 Å². The first-order valence-corrected chi connectivity index (χ1v) is 6.71. The molecule has 0 radical (unpaired) electrons. The van der Waals surface area contributed by atoms with Gasteiger partial charge in [-0.15, -0.1) is 0 Å². The van der Waals surface area contributed by atoms with Crippen molar-refractivity contribution in [3.05, 3.63) is 34.1 Å². The van der Waals surface area contributed by atoms with Crippen LogP contribution in [-0.4, -0.2) is 28.6 Å². The number of carboxylic acid groups (broad SMARTS) is 1. The highest BCUT2D eigenvalue weighted by molar-refractivity contribution is 9.10. The molecule has 1 N–H and O–H groups in total. The zero-order valence-corrected chi connectivity index (χ0v) is 11.7. The standard InChI is InChI=1S/C13H15BrFNO2/c1-8(11-6-9(14)2-5-12(11)15)16(7-13(17)18)10-3-4-10/h2,5-6,8,10H,3-4,7H2,1H3,(H,17,18). The minimum Gasteiger partial charge on any atom is -0.480 e. The molecule has 1 atom stereocenters. The molecule has 5 heteroatoms. The first-order chi connectivity index (χ1) is 8.49. The second-order valence-electron chi connectivity index (χ2n) is 4.64. The molecule has 1 aliphatic rings. The van der Waals surface area contributed by atoms with Crippen molar-refractivity contribution in [2.75, 3.05) is 6.54 Å². The van der Waals surface area contributed by atoms with Crippen molar-refractivity contribution in [1.29, 1.82) is 0 Å². The van der Waals surface area contributed by atoms with Gasteiger partial charge >= 0.3 is 5.97 Å². The fourth-order valence-electron chi connectivity index (χ4n) is 2.16. The van der Waals surface area contributed by atoms with Crippen molar-refractivity contribution in [1.82, 2.24) is 4.90 Å². The van der Waals surface area contributed by atoms with Gasteiger partial charge in [0.15, 0.2) is 0 Å². The van der Waals surface area contributed by atoms with Crippen LogP contribution in [0.4, 0.5) is 4.39 Å². The summed E-state index contributed by atoms with van der Waals surface area (Å²) in [7, 11) is 0. The normalized spacial score (nSPS) is 16.9. The molecule has 98 valence electrons. The van der Waals surface area contributed by atoms with Gasteiger partial charge in [-0.2, -0.15) is 0 Å². The van der Waals surface area contributed by atoms with Crippen molar-refractivity contribution in [3.8, 4) is 0 Å². The lowest BCUT2D eigenvalue weighted by molar-refractivity contribution is -0.139. The third-order valence-corrected chi connectivity index (χ3v) is 3.73. The molecule has 3 nitrogen and oxygen atoms in total. The molecule has 0 aliphatic heterocycles. The lowest BCUT2D eigenvalue weighted by atomic mass is 10.1. The smallest absolute Gasteiger partial charge is 0.317 e. The number of carboxylic acids is 1. The first-order valence-electron chi connectivity index (χ1n) is 5.91. The van der Waals surface area contributed by atoms with Gasteiger partial charge in [-0.3, -0.25) is 9.69 Å². The van der Waals surface area contributed by atoms with E-state index < -0.39 is 5.97 Å². The maximum Gasteiger partial charge on any atom is 0.317 e. The summed E-state index contributed by atoms with van der Waals surface area (Å²) in [5.74, 6) is -1.16. The van der Waals surface area contributed by atoms with Crippen molar-refractivity contribution in [2.24, 2.45) is 0 Å². The molecule has 1 aliphatic carbocycles. The lowest BCUT2D eigenvalue weighted by Crippen LogP contribution is -2.34. The summed E-state index contributed by atoms with van der Waals surface area (Å²) < 4.78 is 14.6. The van der Waals surface area contributed by atoms with E-state index in [4.69, 9.17) is 5.11 Å². The average molecular weight is 316 g/mol. The SMILES string of the molecule is CC(c1cc(Br)ccc1F)N(CC(=O)O)C1CC1. The number of hydrogen-bond acceptors (Lipinski definition) is 2. The summed E-state index contributed by atoms with van der Waals surface area (Å²) in [6.45, 7) is 1.81. The predicted octanol–water partition coefficient (Wildman–Crippen LogP) is 3.20. The lowest BCUT2D eigenvalue weighted by Gasteiger charge is -2.28. The molecular formula is C13H15BrFNO2. The molecule has 1 aromatic carbocycles. The molecule has 0 saturated heterocycles. The Morgan fingerprint density at radius 3 is 2.83 bits per heavy atom. The van der Waals surface area contributed by atoms with Crippen LogP contribution in [0.5, 0.6) is 0 Å². The fourth-order valence-corrected chi connectivity index (χ4v) is 2.54. The van der Waals surface area contributed by atoms with E-state index in [-0.39, 0.29) is 24.4 Å². The third kappa shape index (κ3) is 3.09. The van der Waals surface area contributed by atoms with E-state index in [2.05, 4.69) is 15.9 Å². The van der Waals surface area contributed by atoms with Gasteiger partial charge in [0.2, 0.25) is 0 Å². The maximum atomic E-state index is 13.8. The Morgan fingerprint density at radius 2 is 2.28 bits per heavy atom. The van der Waals surface area contributed by atoms with Crippen LogP contribution >= 0.6 is 15.9 Å². The van der Waals surface area contributed by atoms with Gasteiger partial charge in [-0.1, -0.05) is 15.9 Å². The number of aliphatic carboxylic acids is 1. The predicted molar refractivity (Wildman–Crippen MR) is 69.9 cm³/mol. The van der Waals surface area contributed by atoms with Crippen molar-refractivity contribution < 1.29 is 14.3 Å². The van der Waals surface area contributed by atoms with Gasteiger partial charge in [0.05, 0.1) is 6.54 Å². The highest BCUT2D eigenvalue weighted by atomic mass is 79.9. The summed E-state index contributed by atoms with van der Waals surface area (Å²) in [6, 6.07) is 4.81. The van der Waals surface area contributed by atoms with Crippen LogP contribution in [0.3, 0.4) is 0 Å². The number of hydrogen-bond donors (Lipinski definition) is 1. The number of halogens is 2. The largest absolute Gasteiger partial charge is 0.480 e. The monoisotopic (exact) mass is 315 g/mol. The van der Waals surface area contributed by atoms with Crippen LogP contribution in [0.15, 0.2) is 22.7 Å². The van der Waals surface area contributed by atoms with Crippen LogP contribution < -0.4 is 0 Å². The summed E-state index contributed by atoms with van der Waals surface area (Å²) in [6.07, 6.45) is 1.99. The molecule has 1 aromatic rings. The summed E-state index contributed by atoms with van der Waals surface area (Å²) in [4.78, 5) is 12.7. The van der Waals surface area contributed by atoms with Gasteiger partial charge < -0.3 is 5.11 Å². The Labute approximate surface area is 114 Å². The summed E-state index contributed by atoms with van der Waals surface area (Å²) in [5.41, 5.74) is 0.539. The Balaban J connectivity index is 2.23. The van der Waals surface area contributed by atoms with Crippen LogP contribution in [-0.2, 0) is 4.79 Å². The van der Waals surface area contributed by atoms with Gasteiger partial charge in [0.25, 0.3) is 0 Å². The molecule has 1 saturated carbocycles. The van der Waals surface area contributed by atoms with Crippen molar-refractivity contribution in [2.45, 2.75) is 31.8 Å².